The van der Waals surface area contributed by atoms with Crippen LogP contribution in [0, 0.1) is 6.92 Å². The molecule has 0 aliphatic rings. The molecular formula is C19H18N4O2. The number of aromatic amines is 1. The first-order chi connectivity index (χ1) is 12.2. The Balaban J connectivity index is 1.53. The topological polar surface area (TPSA) is 76.0 Å². The van der Waals surface area contributed by atoms with Gasteiger partial charge in [0.2, 0.25) is 0 Å². The van der Waals surface area contributed by atoms with Crippen molar-refractivity contribution in [1.82, 2.24) is 15.2 Å². The van der Waals surface area contributed by atoms with Gasteiger partial charge in [-0.1, -0.05) is 24.3 Å². The fraction of sp³-hybridized carbons (Fsp3) is 0.158. The minimum Gasteiger partial charge on any atom is -0.493 e. The van der Waals surface area contributed by atoms with E-state index in [0.717, 1.165) is 39.6 Å². The van der Waals surface area contributed by atoms with Gasteiger partial charge in [-0.2, -0.15) is 5.10 Å². The molecule has 25 heavy (non-hydrogen) atoms. The van der Waals surface area contributed by atoms with Crippen LogP contribution >= 0.6 is 0 Å². The Hall–Kier alpha value is -3.28. The van der Waals surface area contributed by atoms with Crippen LogP contribution in [-0.2, 0) is 6.54 Å². The van der Waals surface area contributed by atoms with E-state index >= 15 is 0 Å². The number of aryl methyl sites for hydroxylation is 1. The molecule has 0 aliphatic carbocycles. The van der Waals surface area contributed by atoms with Crippen molar-refractivity contribution in [2.75, 3.05) is 12.4 Å². The number of anilines is 1. The lowest BCUT2D eigenvalue weighted by Crippen LogP contribution is -1.98. The summed E-state index contributed by atoms with van der Waals surface area (Å²) in [5.74, 6) is 3.07. The van der Waals surface area contributed by atoms with Gasteiger partial charge < -0.3 is 14.5 Å². The van der Waals surface area contributed by atoms with Gasteiger partial charge >= 0.3 is 0 Å². The van der Waals surface area contributed by atoms with E-state index in [9.17, 15) is 0 Å². The molecule has 2 N–H and O–H groups in total. The summed E-state index contributed by atoms with van der Waals surface area (Å²) in [6, 6.07) is 15.9. The molecule has 0 radical (unpaired) electrons. The number of para-hydroxylation sites is 1. The van der Waals surface area contributed by atoms with Crippen LogP contribution < -0.4 is 10.1 Å². The molecule has 0 saturated carbocycles. The van der Waals surface area contributed by atoms with Crippen molar-refractivity contribution >= 4 is 16.7 Å². The molecule has 0 bridgehead atoms. The highest BCUT2D eigenvalue weighted by Crippen LogP contribution is 2.29. The van der Waals surface area contributed by atoms with Gasteiger partial charge in [0.15, 0.2) is 17.2 Å². The van der Waals surface area contributed by atoms with Gasteiger partial charge in [0, 0.05) is 16.6 Å². The number of nitrogens with one attached hydrogen (secondary N) is 2. The molecule has 0 atom stereocenters. The van der Waals surface area contributed by atoms with E-state index in [0.29, 0.717) is 12.4 Å². The number of methoxy groups -OCH3 is 1. The van der Waals surface area contributed by atoms with E-state index in [1.807, 2.05) is 55.5 Å². The zero-order valence-corrected chi connectivity index (χ0v) is 14.0. The van der Waals surface area contributed by atoms with Crippen LogP contribution in [0.4, 0.5) is 5.69 Å². The van der Waals surface area contributed by atoms with Gasteiger partial charge in [0.05, 0.1) is 13.7 Å². The summed E-state index contributed by atoms with van der Waals surface area (Å²) in [4.78, 5) is 4.36. The van der Waals surface area contributed by atoms with E-state index in [4.69, 9.17) is 9.15 Å². The number of rotatable bonds is 5. The van der Waals surface area contributed by atoms with Gasteiger partial charge in [-0.3, -0.25) is 5.10 Å². The van der Waals surface area contributed by atoms with E-state index in [2.05, 4.69) is 20.5 Å². The quantitative estimate of drug-likeness (QED) is 0.573. The molecule has 0 saturated heterocycles. The molecule has 6 nitrogen and oxygen atoms in total. The van der Waals surface area contributed by atoms with Crippen molar-refractivity contribution < 1.29 is 9.15 Å². The maximum absolute atomic E-state index is 5.91. The SMILES string of the molecule is COc1cccc2cc(CNc3cccc(-c4n[nH]c(C)n4)c3)oc12. The van der Waals surface area contributed by atoms with Crippen molar-refractivity contribution in [2.24, 2.45) is 0 Å². The molecule has 126 valence electrons. The molecule has 2 heterocycles. The highest BCUT2D eigenvalue weighted by molar-refractivity contribution is 5.83. The van der Waals surface area contributed by atoms with Crippen LogP contribution in [0.2, 0.25) is 0 Å². The van der Waals surface area contributed by atoms with E-state index < -0.39 is 0 Å². The van der Waals surface area contributed by atoms with Crippen LogP contribution in [0.5, 0.6) is 5.75 Å². The molecule has 2 aromatic carbocycles. The molecule has 0 aliphatic heterocycles. The second-order valence-electron chi connectivity index (χ2n) is 5.77. The molecular weight excluding hydrogens is 316 g/mol. The second kappa shape index (κ2) is 6.32. The summed E-state index contributed by atoms with van der Waals surface area (Å²) < 4.78 is 11.3. The third-order valence-electron chi connectivity index (χ3n) is 3.96. The zero-order valence-electron chi connectivity index (χ0n) is 14.0. The molecule has 6 heteroatoms. The van der Waals surface area contributed by atoms with E-state index in [-0.39, 0.29) is 0 Å². The van der Waals surface area contributed by atoms with E-state index in [1.54, 1.807) is 7.11 Å². The van der Waals surface area contributed by atoms with Gasteiger partial charge in [0.1, 0.15) is 11.6 Å². The number of benzene rings is 2. The van der Waals surface area contributed by atoms with Crippen molar-refractivity contribution in [3.05, 3.63) is 60.1 Å². The lowest BCUT2D eigenvalue weighted by atomic mass is 10.2. The van der Waals surface area contributed by atoms with Gasteiger partial charge in [-0.05, 0) is 31.2 Å². The highest BCUT2D eigenvalue weighted by atomic mass is 16.5. The summed E-state index contributed by atoms with van der Waals surface area (Å²) in [6.07, 6.45) is 0. The first-order valence-electron chi connectivity index (χ1n) is 8.01. The monoisotopic (exact) mass is 334 g/mol. The zero-order chi connectivity index (χ0) is 17.2. The Labute approximate surface area is 144 Å². The summed E-state index contributed by atoms with van der Waals surface area (Å²) in [7, 11) is 1.64. The van der Waals surface area contributed by atoms with Crippen molar-refractivity contribution in [3.63, 3.8) is 0 Å². The maximum atomic E-state index is 5.91. The van der Waals surface area contributed by atoms with E-state index in [1.165, 1.54) is 0 Å². The molecule has 2 aromatic heterocycles. The Morgan fingerprint density at radius 2 is 2.04 bits per heavy atom. The molecule has 0 fully saturated rings. The number of hydrogen-bond donors (Lipinski definition) is 2. The predicted octanol–water partition coefficient (Wildman–Crippen LogP) is 4.15. The number of nitrogens with zero attached hydrogens (tertiary/aromatic N) is 2. The third kappa shape index (κ3) is 3.06. The van der Waals surface area contributed by atoms with Crippen LogP contribution in [0.1, 0.15) is 11.6 Å². The lowest BCUT2D eigenvalue weighted by molar-refractivity contribution is 0.408. The average Bonchev–Trinajstić information content (AvgIpc) is 3.25. The Kier molecular flexibility index (Phi) is 3.85. The minimum atomic E-state index is 0.578. The molecule has 0 unspecified atom stereocenters. The van der Waals surface area contributed by atoms with Crippen LogP contribution in [-0.4, -0.2) is 22.3 Å². The predicted molar refractivity (Wildman–Crippen MR) is 96.6 cm³/mol. The van der Waals surface area contributed by atoms with Crippen molar-refractivity contribution in [3.8, 4) is 17.1 Å². The first kappa shape index (κ1) is 15.3. The van der Waals surface area contributed by atoms with Gasteiger partial charge in [-0.25, -0.2) is 4.98 Å². The van der Waals surface area contributed by atoms with Crippen LogP contribution in [0.15, 0.2) is 52.9 Å². The van der Waals surface area contributed by atoms with Gasteiger partial charge in [0.25, 0.3) is 0 Å². The Morgan fingerprint density at radius 1 is 1.16 bits per heavy atom. The fourth-order valence-corrected chi connectivity index (χ4v) is 2.77. The normalized spacial score (nSPS) is 11.0. The summed E-state index contributed by atoms with van der Waals surface area (Å²) in [5.41, 5.74) is 2.71. The van der Waals surface area contributed by atoms with Crippen molar-refractivity contribution in [2.45, 2.75) is 13.5 Å². The first-order valence-corrected chi connectivity index (χ1v) is 8.01. The average molecular weight is 334 g/mol. The fourth-order valence-electron chi connectivity index (χ4n) is 2.77. The summed E-state index contributed by atoms with van der Waals surface area (Å²) in [5, 5.41) is 11.5. The number of furan rings is 1. The number of H-pyrrole nitrogens is 1. The van der Waals surface area contributed by atoms with Crippen LogP contribution in [0.3, 0.4) is 0 Å². The standard InChI is InChI=1S/C19H18N4O2/c1-12-21-19(23-22-12)14-6-3-7-15(9-14)20-11-16-10-13-5-4-8-17(24-2)18(13)25-16/h3-10,20H,11H2,1-2H3,(H,21,22,23). The van der Waals surface area contributed by atoms with Crippen LogP contribution in [0.25, 0.3) is 22.4 Å². The molecule has 0 spiro atoms. The number of aromatic nitrogens is 3. The lowest BCUT2D eigenvalue weighted by Gasteiger charge is -2.05. The minimum absolute atomic E-state index is 0.578. The number of ether oxygens (including phenoxy) is 1. The number of hydrogen-bond acceptors (Lipinski definition) is 5. The maximum Gasteiger partial charge on any atom is 0.181 e. The smallest absolute Gasteiger partial charge is 0.181 e. The second-order valence-corrected chi connectivity index (χ2v) is 5.77. The summed E-state index contributed by atoms with van der Waals surface area (Å²) in [6.45, 7) is 2.46. The Morgan fingerprint density at radius 3 is 2.84 bits per heavy atom. The summed E-state index contributed by atoms with van der Waals surface area (Å²) >= 11 is 0. The largest absolute Gasteiger partial charge is 0.493 e. The number of fused-ring (bicyclic) bond motifs is 1. The third-order valence-corrected chi connectivity index (χ3v) is 3.96. The molecule has 4 aromatic rings. The van der Waals surface area contributed by atoms with Gasteiger partial charge in [-0.15, -0.1) is 0 Å². The van der Waals surface area contributed by atoms with Crippen molar-refractivity contribution in [1.29, 1.82) is 0 Å². The Bertz CT molecular complexity index is 1020. The molecule has 0 amide bonds. The molecule has 4 rings (SSSR count). The highest BCUT2D eigenvalue weighted by Gasteiger charge is 2.09.